The third kappa shape index (κ3) is 5.51. The second-order valence-corrected chi connectivity index (χ2v) is 4.09. The number of rotatable bonds is 8. The van der Waals surface area contributed by atoms with Gasteiger partial charge in [0.2, 0.25) is 5.76 Å². The first-order chi connectivity index (χ1) is 8.09. The van der Waals surface area contributed by atoms with Gasteiger partial charge in [-0.3, -0.25) is 0 Å². The highest BCUT2D eigenvalue weighted by atomic mass is 16.5. The Balaban J connectivity index is 2.11. The zero-order valence-corrected chi connectivity index (χ0v) is 10.1. The zero-order chi connectivity index (χ0) is 12.7. The first-order valence-electron chi connectivity index (χ1n) is 5.57. The number of aromatic carboxylic acids is 1. The third-order valence-electron chi connectivity index (χ3n) is 1.94. The number of hydrogen-bond donors (Lipinski definition) is 1. The van der Waals surface area contributed by atoms with Gasteiger partial charge in [0.1, 0.15) is 12.4 Å². The van der Waals surface area contributed by atoms with Crippen molar-refractivity contribution in [1.82, 2.24) is 0 Å². The number of carbonyl (C=O) groups is 1. The molecule has 0 aliphatic rings. The molecule has 17 heavy (non-hydrogen) atoms. The van der Waals surface area contributed by atoms with Crippen molar-refractivity contribution in [3.8, 4) is 0 Å². The predicted molar refractivity (Wildman–Crippen MR) is 61.0 cm³/mol. The highest BCUT2D eigenvalue weighted by Crippen LogP contribution is 2.08. The maximum absolute atomic E-state index is 10.5. The summed E-state index contributed by atoms with van der Waals surface area (Å²) in [5.74, 6) is -0.124. The topological polar surface area (TPSA) is 68.9 Å². The summed E-state index contributed by atoms with van der Waals surface area (Å²) in [4.78, 5) is 10.5. The van der Waals surface area contributed by atoms with Crippen LogP contribution < -0.4 is 0 Å². The second-order valence-electron chi connectivity index (χ2n) is 4.09. The minimum atomic E-state index is -1.07. The van der Waals surface area contributed by atoms with E-state index in [1.54, 1.807) is 6.07 Å². The van der Waals surface area contributed by atoms with Crippen LogP contribution in [0.2, 0.25) is 0 Å². The van der Waals surface area contributed by atoms with Crippen LogP contribution in [0.15, 0.2) is 16.5 Å². The van der Waals surface area contributed by atoms with Crippen LogP contribution in [0, 0.1) is 5.92 Å². The molecule has 1 heterocycles. The number of hydrogen-bond acceptors (Lipinski definition) is 4. The largest absolute Gasteiger partial charge is 0.475 e. The highest BCUT2D eigenvalue weighted by molar-refractivity contribution is 5.84. The fourth-order valence-electron chi connectivity index (χ4n) is 1.18. The molecule has 1 N–H and O–H groups in total. The van der Waals surface area contributed by atoms with E-state index < -0.39 is 5.97 Å². The molecule has 0 fully saturated rings. The zero-order valence-electron chi connectivity index (χ0n) is 10.1. The lowest BCUT2D eigenvalue weighted by atomic mass is 10.2. The number of ether oxygens (including phenoxy) is 2. The van der Waals surface area contributed by atoms with Crippen molar-refractivity contribution < 1.29 is 23.8 Å². The summed E-state index contributed by atoms with van der Waals surface area (Å²) in [6, 6.07) is 3.01. The summed E-state index contributed by atoms with van der Waals surface area (Å²) < 4.78 is 15.6. The lowest BCUT2D eigenvalue weighted by molar-refractivity contribution is 0.0258. The van der Waals surface area contributed by atoms with Crippen LogP contribution in [0.3, 0.4) is 0 Å². The van der Waals surface area contributed by atoms with Crippen molar-refractivity contribution in [1.29, 1.82) is 0 Å². The van der Waals surface area contributed by atoms with Gasteiger partial charge in [0.15, 0.2) is 0 Å². The first-order valence-corrected chi connectivity index (χ1v) is 5.57. The van der Waals surface area contributed by atoms with E-state index in [9.17, 15) is 4.79 Å². The summed E-state index contributed by atoms with van der Waals surface area (Å²) in [6.07, 6.45) is 0. The second kappa shape index (κ2) is 7.09. The quantitative estimate of drug-likeness (QED) is 0.707. The molecule has 0 radical (unpaired) electrons. The molecule has 0 aromatic carbocycles. The molecule has 0 aliphatic carbocycles. The molecule has 0 amide bonds. The molecule has 0 bridgehead atoms. The lowest BCUT2D eigenvalue weighted by Gasteiger charge is -2.06. The normalized spacial score (nSPS) is 11.0. The molecule has 0 atom stereocenters. The van der Waals surface area contributed by atoms with Gasteiger partial charge < -0.3 is 19.0 Å². The van der Waals surface area contributed by atoms with Gasteiger partial charge in [0.25, 0.3) is 0 Å². The molecule has 5 heteroatoms. The maximum atomic E-state index is 10.5. The van der Waals surface area contributed by atoms with Crippen molar-refractivity contribution in [3.63, 3.8) is 0 Å². The molecule has 0 unspecified atom stereocenters. The molecule has 1 rings (SSSR count). The van der Waals surface area contributed by atoms with Gasteiger partial charge >= 0.3 is 5.97 Å². The van der Waals surface area contributed by atoms with Crippen molar-refractivity contribution >= 4 is 5.97 Å². The van der Waals surface area contributed by atoms with Crippen LogP contribution in [0.4, 0.5) is 0 Å². The fourth-order valence-corrected chi connectivity index (χ4v) is 1.18. The predicted octanol–water partition coefficient (Wildman–Crippen LogP) is 2.17. The van der Waals surface area contributed by atoms with Gasteiger partial charge in [0.05, 0.1) is 13.2 Å². The van der Waals surface area contributed by atoms with Crippen molar-refractivity contribution in [2.45, 2.75) is 20.5 Å². The molecular formula is C12H18O5. The Morgan fingerprint density at radius 2 is 2.06 bits per heavy atom. The molecule has 0 aliphatic heterocycles. The van der Waals surface area contributed by atoms with E-state index in [0.717, 1.165) is 0 Å². The van der Waals surface area contributed by atoms with Crippen molar-refractivity contribution in [2.75, 3.05) is 19.8 Å². The summed E-state index contributed by atoms with van der Waals surface area (Å²) in [7, 11) is 0. The molecular weight excluding hydrogens is 224 g/mol. The van der Waals surface area contributed by atoms with Crippen molar-refractivity contribution in [3.05, 3.63) is 23.7 Å². The Hall–Kier alpha value is -1.33. The van der Waals surface area contributed by atoms with E-state index in [1.165, 1.54) is 6.07 Å². The van der Waals surface area contributed by atoms with Crippen LogP contribution >= 0.6 is 0 Å². The van der Waals surface area contributed by atoms with Crippen LogP contribution in [0.5, 0.6) is 0 Å². The maximum Gasteiger partial charge on any atom is 0.371 e. The SMILES string of the molecule is CC(C)COCCOCc1ccc(C(=O)O)o1. The smallest absolute Gasteiger partial charge is 0.371 e. The van der Waals surface area contributed by atoms with E-state index in [-0.39, 0.29) is 12.4 Å². The van der Waals surface area contributed by atoms with Gasteiger partial charge in [-0.1, -0.05) is 13.8 Å². The molecule has 0 saturated heterocycles. The number of carboxylic acids is 1. The van der Waals surface area contributed by atoms with Crippen LogP contribution in [0.25, 0.3) is 0 Å². The van der Waals surface area contributed by atoms with Crippen LogP contribution in [-0.4, -0.2) is 30.9 Å². The first kappa shape index (κ1) is 13.7. The Labute approximate surface area is 100 Å². The molecule has 0 saturated carbocycles. The third-order valence-corrected chi connectivity index (χ3v) is 1.94. The van der Waals surface area contributed by atoms with E-state index >= 15 is 0 Å². The average molecular weight is 242 g/mol. The van der Waals surface area contributed by atoms with E-state index in [2.05, 4.69) is 13.8 Å². The number of furan rings is 1. The summed E-state index contributed by atoms with van der Waals surface area (Å²) in [6.45, 7) is 6.14. The molecule has 1 aromatic rings. The lowest BCUT2D eigenvalue weighted by Crippen LogP contribution is -2.08. The van der Waals surface area contributed by atoms with Crippen molar-refractivity contribution in [2.24, 2.45) is 5.92 Å². The molecule has 96 valence electrons. The van der Waals surface area contributed by atoms with Gasteiger partial charge in [-0.15, -0.1) is 0 Å². The standard InChI is InChI=1S/C12H18O5/c1-9(2)7-15-5-6-16-8-10-3-4-11(17-10)12(13)14/h3-4,9H,5-8H2,1-2H3,(H,13,14). The highest BCUT2D eigenvalue weighted by Gasteiger charge is 2.08. The van der Waals surface area contributed by atoms with E-state index in [4.69, 9.17) is 19.0 Å². The Kier molecular flexibility index (Phi) is 5.72. The molecule has 0 spiro atoms. The van der Waals surface area contributed by atoms with Crippen LogP contribution in [0.1, 0.15) is 30.2 Å². The molecule has 1 aromatic heterocycles. The van der Waals surface area contributed by atoms with Gasteiger partial charge in [-0.2, -0.15) is 0 Å². The monoisotopic (exact) mass is 242 g/mol. The van der Waals surface area contributed by atoms with E-state index in [1.807, 2.05) is 0 Å². The minimum absolute atomic E-state index is 0.0698. The van der Waals surface area contributed by atoms with E-state index in [0.29, 0.717) is 31.5 Å². The Bertz CT molecular complexity index is 342. The summed E-state index contributed by atoms with van der Waals surface area (Å²) in [5.41, 5.74) is 0. The molecule has 5 nitrogen and oxygen atoms in total. The Morgan fingerprint density at radius 1 is 1.35 bits per heavy atom. The van der Waals surface area contributed by atoms with Gasteiger partial charge in [0, 0.05) is 6.61 Å². The average Bonchev–Trinajstić information content (AvgIpc) is 2.71. The fraction of sp³-hybridized carbons (Fsp3) is 0.583. The van der Waals surface area contributed by atoms with Gasteiger partial charge in [-0.05, 0) is 18.1 Å². The summed E-state index contributed by atoms with van der Waals surface area (Å²) >= 11 is 0. The van der Waals surface area contributed by atoms with Crippen LogP contribution in [-0.2, 0) is 16.1 Å². The van der Waals surface area contributed by atoms with Gasteiger partial charge in [-0.25, -0.2) is 4.79 Å². The minimum Gasteiger partial charge on any atom is -0.475 e. The summed E-state index contributed by atoms with van der Waals surface area (Å²) in [5, 5.41) is 8.64. The number of carboxylic acid groups (broad SMARTS) is 1. The Morgan fingerprint density at radius 3 is 2.65 bits per heavy atom.